The van der Waals surface area contributed by atoms with Crippen LogP contribution in [0.1, 0.15) is 12.8 Å². The van der Waals surface area contributed by atoms with Gasteiger partial charge in [-0.1, -0.05) is 24.3 Å². The molecule has 0 spiro atoms. The minimum absolute atomic E-state index is 0.223. The van der Waals surface area contributed by atoms with Crippen LogP contribution in [0, 0.1) is 5.82 Å². The maximum Gasteiger partial charge on any atom is 0.146 e. The van der Waals surface area contributed by atoms with E-state index in [-0.39, 0.29) is 5.82 Å². The number of nitrogens with zero attached hydrogens (tertiary/aromatic N) is 1. The van der Waals surface area contributed by atoms with Gasteiger partial charge in [-0.15, -0.1) is 0 Å². The zero-order chi connectivity index (χ0) is 13.1. The van der Waals surface area contributed by atoms with Crippen molar-refractivity contribution in [2.24, 2.45) is 0 Å². The maximum atomic E-state index is 13.7. The predicted molar refractivity (Wildman–Crippen MR) is 77.6 cm³/mol. The fourth-order valence-electron chi connectivity index (χ4n) is 2.52. The molecule has 0 atom stereocenters. The third-order valence-electron chi connectivity index (χ3n) is 3.49. The molecule has 1 fully saturated rings. The predicted octanol–water partition coefficient (Wildman–Crippen LogP) is 4.17. The summed E-state index contributed by atoms with van der Waals surface area (Å²) in [4.78, 5) is 2.35. The van der Waals surface area contributed by atoms with Gasteiger partial charge in [0.15, 0.2) is 0 Å². The lowest BCUT2D eigenvalue weighted by atomic mass is 10.2. The Balaban J connectivity index is 1.90. The van der Waals surface area contributed by atoms with E-state index >= 15 is 0 Å². The highest BCUT2D eigenvalue weighted by Gasteiger charge is 2.15. The summed E-state index contributed by atoms with van der Waals surface area (Å²) in [6.07, 6.45) is 2.46. The fraction of sp³-hybridized carbons (Fsp3) is 0.250. The summed E-state index contributed by atoms with van der Waals surface area (Å²) in [6, 6.07) is 14.9. The third-order valence-corrected chi connectivity index (χ3v) is 3.49. The molecule has 0 bridgehead atoms. The molecule has 3 heteroatoms. The number of benzene rings is 2. The molecule has 1 saturated heterocycles. The molecule has 1 N–H and O–H groups in total. The molecule has 1 heterocycles. The highest BCUT2D eigenvalue weighted by molar-refractivity contribution is 5.75. The molecular formula is C16H17FN2. The Morgan fingerprint density at radius 2 is 1.47 bits per heavy atom. The Labute approximate surface area is 112 Å². The lowest BCUT2D eigenvalue weighted by molar-refractivity contribution is 0.632. The van der Waals surface area contributed by atoms with E-state index < -0.39 is 0 Å². The van der Waals surface area contributed by atoms with E-state index in [1.165, 1.54) is 18.9 Å². The van der Waals surface area contributed by atoms with Crippen LogP contribution in [0.4, 0.5) is 21.5 Å². The first-order chi connectivity index (χ1) is 9.34. The summed E-state index contributed by atoms with van der Waals surface area (Å²) in [5.74, 6) is -0.223. The molecule has 2 nitrogen and oxygen atoms in total. The summed E-state index contributed by atoms with van der Waals surface area (Å²) in [5, 5.41) is 3.20. The van der Waals surface area contributed by atoms with Gasteiger partial charge in [0.1, 0.15) is 5.82 Å². The number of nitrogens with one attached hydrogen (secondary N) is 1. The molecule has 0 saturated carbocycles. The third kappa shape index (κ3) is 2.55. The molecule has 0 amide bonds. The number of halogens is 1. The summed E-state index contributed by atoms with van der Waals surface area (Å²) in [6.45, 7) is 2.16. The van der Waals surface area contributed by atoms with E-state index in [2.05, 4.69) is 16.3 Å². The lowest BCUT2D eigenvalue weighted by Gasteiger charge is -2.22. The first-order valence-electron chi connectivity index (χ1n) is 6.70. The average Bonchev–Trinajstić information content (AvgIpc) is 2.96. The molecule has 19 heavy (non-hydrogen) atoms. The van der Waals surface area contributed by atoms with Gasteiger partial charge in [-0.25, -0.2) is 4.39 Å². The Hall–Kier alpha value is -2.03. The molecule has 1 aliphatic rings. The topological polar surface area (TPSA) is 15.3 Å². The van der Waals surface area contributed by atoms with E-state index in [4.69, 9.17) is 0 Å². The van der Waals surface area contributed by atoms with Crippen molar-refractivity contribution in [3.63, 3.8) is 0 Å². The number of para-hydroxylation sites is 3. The number of anilines is 3. The summed E-state index contributed by atoms with van der Waals surface area (Å²) in [5.41, 5.74) is 2.65. The molecule has 0 radical (unpaired) electrons. The van der Waals surface area contributed by atoms with Crippen LogP contribution in [-0.2, 0) is 0 Å². The van der Waals surface area contributed by atoms with Gasteiger partial charge in [-0.2, -0.15) is 0 Å². The smallest absolute Gasteiger partial charge is 0.146 e. The van der Waals surface area contributed by atoms with Gasteiger partial charge in [-0.05, 0) is 37.1 Å². The molecular weight excluding hydrogens is 239 g/mol. The van der Waals surface area contributed by atoms with Gasteiger partial charge in [0.2, 0.25) is 0 Å². The quantitative estimate of drug-likeness (QED) is 0.886. The average molecular weight is 256 g/mol. The normalized spacial score (nSPS) is 14.7. The monoisotopic (exact) mass is 256 g/mol. The molecule has 98 valence electrons. The van der Waals surface area contributed by atoms with E-state index in [1.807, 2.05) is 24.3 Å². The van der Waals surface area contributed by atoms with Crippen molar-refractivity contribution in [2.75, 3.05) is 23.3 Å². The minimum atomic E-state index is -0.223. The van der Waals surface area contributed by atoms with Gasteiger partial charge in [0, 0.05) is 13.1 Å². The second-order valence-electron chi connectivity index (χ2n) is 4.82. The second-order valence-corrected chi connectivity index (χ2v) is 4.82. The first-order valence-corrected chi connectivity index (χ1v) is 6.70. The maximum absolute atomic E-state index is 13.7. The van der Waals surface area contributed by atoms with Crippen LogP contribution in [0.5, 0.6) is 0 Å². The Bertz CT molecular complexity index is 562. The van der Waals surface area contributed by atoms with E-state index in [9.17, 15) is 4.39 Å². The standard InChI is InChI=1S/C16H17FN2/c17-13-7-1-2-8-14(13)18-15-9-3-4-10-16(15)19-11-5-6-12-19/h1-4,7-10,18H,5-6,11-12H2. The Morgan fingerprint density at radius 1 is 0.842 bits per heavy atom. The van der Waals surface area contributed by atoms with E-state index in [1.54, 1.807) is 12.1 Å². The first kappa shape index (κ1) is 12.0. The molecule has 0 unspecified atom stereocenters. The zero-order valence-corrected chi connectivity index (χ0v) is 10.8. The second kappa shape index (κ2) is 5.31. The molecule has 0 aliphatic carbocycles. The number of rotatable bonds is 3. The van der Waals surface area contributed by atoms with Crippen LogP contribution in [-0.4, -0.2) is 13.1 Å². The summed E-state index contributed by atoms with van der Waals surface area (Å²) in [7, 11) is 0. The van der Waals surface area contributed by atoms with Crippen molar-refractivity contribution >= 4 is 17.1 Å². The molecule has 0 aromatic heterocycles. The highest BCUT2D eigenvalue weighted by Crippen LogP contribution is 2.31. The van der Waals surface area contributed by atoms with E-state index in [0.717, 1.165) is 24.5 Å². The van der Waals surface area contributed by atoms with Crippen molar-refractivity contribution in [3.8, 4) is 0 Å². The van der Waals surface area contributed by atoms with Crippen molar-refractivity contribution < 1.29 is 4.39 Å². The van der Waals surface area contributed by atoms with E-state index in [0.29, 0.717) is 5.69 Å². The van der Waals surface area contributed by atoms with Crippen molar-refractivity contribution in [1.82, 2.24) is 0 Å². The summed E-state index contributed by atoms with van der Waals surface area (Å²) >= 11 is 0. The number of hydrogen-bond donors (Lipinski definition) is 1. The molecule has 3 rings (SSSR count). The van der Waals surface area contributed by atoms with Crippen LogP contribution < -0.4 is 10.2 Å². The Morgan fingerprint density at radius 3 is 2.21 bits per heavy atom. The zero-order valence-electron chi connectivity index (χ0n) is 10.8. The highest BCUT2D eigenvalue weighted by atomic mass is 19.1. The van der Waals surface area contributed by atoms with Crippen molar-refractivity contribution in [1.29, 1.82) is 0 Å². The van der Waals surface area contributed by atoms with Crippen molar-refractivity contribution in [2.45, 2.75) is 12.8 Å². The largest absolute Gasteiger partial charge is 0.370 e. The van der Waals surface area contributed by atoms with Gasteiger partial charge in [-0.3, -0.25) is 0 Å². The molecule has 1 aliphatic heterocycles. The van der Waals surface area contributed by atoms with Gasteiger partial charge >= 0.3 is 0 Å². The minimum Gasteiger partial charge on any atom is -0.370 e. The van der Waals surface area contributed by atoms with Gasteiger partial charge in [0.05, 0.1) is 17.1 Å². The van der Waals surface area contributed by atoms with Crippen LogP contribution in [0.25, 0.3) is 0 Å². The van der Waals surface area contributed by atoms with Crippen LogP contribution in [0.2, 0.25) is 0 Å². The van der Waals surface area contributed by atoms with Crippen LogP contribution >= 0.6 is 0 Å². The SMILES string of the molecule is Fc1ccccc1Nc1ccccc1N1CCCC1. The van der Waals surface area contributed by atoms with Gasteiger partial charge < -0.3 is 10.2 Å². The number of hydrogen-bond acceptors (Lipinski definition) is 2. The summed E-state index contributed by atoms with van der Waals surface area (Å²) < 4.78 is 13.7. The Kier molecular flexibility index (Phi) is 3.36. The molecule has 2 aromatic carbocycles. The van der Waals surface area contributed by atoms with Crippen LogP contribution in [0.15, 0.2) is 48.5 Å². The van der Waals surface area contributed by atoms with Crippen molar-refractivity contribution in [3.05, 3.63) is 54.3 Å². The van der Waals surface area contributed by atoms with Crippen LogP contribution in [0.3, 0.4) is 0 Å². The van der Waals surface area contributed by atoms with Gasteiger partial charge in [0.25, 0.3) is 0 Å². The fourth-order valence-corrected chi connectivity index (χ4v) is 2.52. The lowest BCUT2D eigenvalue weighted by Crippen LogP contribution is -2.18. The molecule has 2 aromatic rings.